The van der Waals surface area contributed by atoms with Crippen molar-refractivity contribution in [3.8, 4) is 0 Å². The van der Waals surface area contributed by atoms with Crippen LogP contribution in [-0.4, -0.2) is 48.1 Å². The van der Waals surface area contributed by atoms with Crippen molar-refractivity contribution in [1.82, 2.24) is 9.88 Å². The number of benzene rings is 1. The second kappa shape index (κ2) is 5.80. The minimum Gasteiger partial charge on any atom is -0.370 e. The second-order valence-electron chi connectivity index (χ2n) is 6.65. The molecule has 23 heavy (non-hydrogen) atoms. The molecule has 1 aromatic carbocycles. The number of nitrogens with zero attached hydrogens (tertiary/aromatic N) is 3. The summed E-state index contributed by atoms with van der Waals surface area (Å²) in [5, 5.41) is 1.29. The van der Waals surface area contributed by atoms with Crippen LogP contribution in [0.25, 0.3) is 10.9 Å². The van der Waals surface area contributed by atoms with E-state index in [2.05, 4.69) is 57.0 Å². The van der Waals surface area contributed by atoms with Crippen LogP contribution < -0.4 is 10.6 Å². The average molecular weight is 311 g/mol. The largest absolute Gasteiger partial charge is 0.370 e. The summed E-state index contributed by atoms with van der Waals surface area (Å²) in [5.41, 5.74) is 7.30. The fourth-order valence-electron chi connectivity index (χ4n) is 4.09. The molecule has 0 amide bonds. The maximum absolute atomic E-state index is 6.08. The van der Waals surface area contributed by atoms with Gasteiger partial charge in [-0.2, -0.15) is 0 Å². The number of rotatable bonds is 3. The SMILES string of the molecule is CCC1CN(c2cc3ccccc3[nH]2)CCC1N1CCN=C1N. The van der Waals surface area contributed by atoms with Crippen molar-refractivity contribution in [2.75, 3.05) is 31.1 Å². The van der Waals surface area contributed by atoms with E-state index >= 15 is 0 Å². The molecule has 2 aliphatic heterocycles. The van der Waals surface area contributed by atoms with Gasteiger partial charge in [0.15, 0.2) is 5.96 Å². The maximum Gasteiger partial charge on any atom is 0.191 e. The summed E-state index contributed by atoms with van der Waals surface area (Å²) in [6.07, 6.45) is 2.31. The highest BCUT2D eigenvalue weighted by Gasteiger charge is 2.34. The monoisotopic (exact) mass is 311 g/mol. The van der Waals surface area contributed by atoms with Gasteiger partial charge in [-0.1, -0.05) is 25.1 Å². The van der Waals surface area contributed by atoms with E-state index in [1.165, 1.54) is 23.1 Å². The van der Waals surface area contributed by atoms with Gasteiger partial charge in [-0.25, -0.2) is 0 Å². The van der Waals surface area contributed by atoms with Crippen molar-refractivity contribution >= 4 is 22.7 Å². The van der Waals surface area contributed by atoms with Gasteiger partial charge in [0.2, 0.25) is 0 Å². The second-order valence-corrected chi connectivity index (χ2v) is 6.65. The Hall–Kier alpha value is -2.17. The van der Waals surface area contributed by atoms with Crippen molar-refractivity contribution in [1.29, 1.82) is 0 Å². The first-order chi connectivity index (χ1) is 11.3. The predicted molar refractivity (Wildman–Crippen MR) is 95.9 cm³/mol. The standard InChI is InChI=1S/C18H25N5/c1-2-13-12-22(9-7-16(13)23-10-8-20-18(23)19)17-11-14-5-3-4-6-15(14)21-17/h3-6,11,13,16,21H,2,7-10,12H2,1H3,(H2,19,20). The maximum atomic E-state index is 6.08. The molecule has 3 heterocycles. The Morgan fingerprint density at radius 2 is 2.17 bits per heavy atom. The highest BCUT2D eigenvalue weighted by molar-refractivity contribution is 5.84. The lowest BCUT2D eigenvalue weighted by molar-refractivity contribution is 0.200. The van der Waals surface area contributed by atoms with Gasteiger partial charge in [-0.3, -0.25) is 4.99 Å². The van der Waals surface area contributed by atoms with E-state index in [9.17, 15) is 0 Å². The van der Waals surface area contributed by atoms with Crippen LogP contribution in [0.5, 0.6) is 0 Å². The third-order valence-corrected chi connectivity index (χ3v) is 5.38. The molecular weight excluding hydrogens is 286 g/mol. The molecule has 0 spiro atoms. The Labute approximate surface area is 137 Å². The first-order valence-electron chi connectivity index (χ1n) is 8.65. The molecule has 122 valence electrons. The Morgan fingerprint density at radius 3 is 2.91 bits per heavy atom. The van der Waals surface area contributed by atoms with Crippen LogP contribution in [-0.2, 0) is 0 Å². The Morgan fingerprint density at radius 1 is 1.30 bits per heavy atom. The van der Waals surface area contributed by atoms with Gasteiger partial charge in [0, 0.05) is 36.6 Å². The Kier molecular flexibility index (Phi) is 3.63. The molecule has 4 rings (SSSR count). The van der Waals surface area contributed by atoms with Crippen molar-refractivity contribution < 1.29 is 0 Å². The zero-order valence-electron chi connectivity index (χ0n) is 13.7. The van der Waals surface area contributed by atoms with Crippen LogP contribution in [0, 0.1) is 5.92 Å². The van der Waals surface area contributed by atoms with Crippen LogP contribution in [0.1, 0.15) is 19.8 Å². The van der Waals surface area contributed by atoms with E-state index in [1.54, 1.807) is 0 Å². The zero-order chi connectivity index (χ0) is 15.8. The molecule has 1 aromatic heterocycles. The van der Waals surface area contributed by atoms with Crippen LogP contribution in [0.3, 0.4) is 0 Å². The zero-order valence-corrected chi connectivity index (χ0v) is 13.7. The number of hydrogen-bond acceptors (Lipinski definition) is 4. The van der Waals surface area contributed by atoms with Crippen molar-refractivity contribution in [3.05, 3.63) is 30.3 Å². The van der Waals surface area contributed by atoms with E-state index in [0.29, 0.717) is 12.0 Å². The number of para-hydroxylation sites is 1. The summed E-state index contributed by atoms with van der Waals surface area (Å²) in [5.74, 6) is 2.61. The minimum absolute atomic E-state index is 0.534. The Bertz CT molecular complexity index is 686. The van der Waals surface area contributed by atoms with E-state index in [0.717, 1.165) is 38.6 Å². The van der Waals surface area contributed by atoms with Crippen molar-refractivity contribution in [3.63, 3.8) is 0 Å². The third-order valence-electron chi connectivity index (χ3n) is 5.38. The van der Waals surface area contributed by atoms with Crippen LogP contribution in [0.15, 0.2) is 35.3 Å². The van der Waals surface area contributed by atoms with E-state index in [4.69, 9.17) is 5.73 Å². The Balaban J connectivity index is 1.53. The molecule has 1 saturated heterocycles. The molecule has 0 radical (unpaired) electrons. The highest BCUT2D eigenvalue weighted by Crippen LogP contribution is 2.30. The summed E-state index contributed by atoms with van der Waals surface area (Å²) in [4.78, 5) is 12.8. The molecule has 2 aliphatic rings. The lowest BCUT2D eigenvalue weighted by atomic mass is 9.88. The highest BCUT2D eigenvalue weighted by atomic mass is 15.3. The molecule has 0 saturated carbocycles. The third kappa shape index (κ3) is 2.54. The van der Waals surface area contributed by atoms with Crippen molar-refractivity contribution in [2.24, 2.45) is 16.6 Å². The molecular formula is C18H25N5. The summed E-state index contributed by atoms with van der Waals surface area (Å²) < 4.78 is 0. The summed E-state index contributed by atoms with van der Waals surface area (Å²) >= 11 is 0. The number of piperidine rings is 1. The van der Waals surface area contributed by atoms with Crippen LogP contribution >= 0.6 is 0 Å². The number of nitrogens with one attached hydrogen (secondary N) is 1. The molecule has 5 heteroatoms. The molecule has 2 unspecified atom stereocenters. The number of H-pyrrole nitrogens is 1. The summed E-state index contributed by atoms with van der Waals surface area (Å²) in [6, 6.07) is 11.3. The van der Waals surface area contributed by atoms with Gasteiger partial charge in [-0.15, -0.1) is 0 Å². The summed E-state index contributed by atoms with van der Waals surface area (Å²) in [7, 11) is 0. The van der Waals surface area contributed by atoms with Crippen LogP contribution in [0.2, 0.25) is 0 Å². The quantitative estimate of drug-likeness (QED) is 0.915. The molecule has 2 atom stereocenters. The number of aliphatic imine (C=N–C) groups is 1. The summed E-state index contributed by atoms with van der Waals surface area (Å²) in [6.45, 7) is 6.27. The van der Waals surface area contributed by atoms with Crippen molar-refractivity contribution in [2.45, 2.75) is 25.8 Å². The van der Waals surface area contributed by atoms with E-state index in [-0.39, 0.29) is 0 Å². The number of guanidine groups is 1. The lowest BCUT2D eigenvalue weighted by Gasteiger charge is -2.43. The van der Waals surface area contributed by atoms with Gasteiger partial charge in [0.05, 0.1) is 6.54 Å². The van der Waals surface area contributed by atoms with Gasteiger partial charge in [-0.05, 0) is 30.9 Å². The number of fused-ring (bicyclic) bond motifs is 1. The molecule has 0 bridgehead atoms. The topological polar surface area (TPSA) is 60.7 Å². The van der Waals surface area contributed by atoms with Crippen LogP contribution in [0.4, 0.5) is 5.82 Å². The van der Waals surface area contributed by atoms with Gasteiger partial charge < -0.3 is 20.5 Å². The number of aromatic amines is 1. The molecule has 1 fully saturated rings. The number of nitrogens with two attached hydrogens (primary N) is 1. The first kappa shape index (κ1) is 14.4. The average Bonchev–Trinajstić information content (AvgIpc) is 3.20. The fourth-order valence-corrected chi connectivity index (χ4v) is 4.09. The van der Waals surface area contributed by atoms with Gasteiger partial charge >= 0.3 is 0 Å². The molecule has 2 aromatic rings. The molecule has 0 aliphatic carbocycles. The van der Waals surface area contributed by atoms with E-state index < -0.39 is 0 Å². The number of aromatic nitrogens is 1. The molecule has 5 nitrogen and oxygen atoms in total. The number of hydrogen-bond donors (Lipinski definition) is 2. The normalized spacial score (nSPS) is 25.2. The smallest absolute Gasteiger partial charge is 0.191 e. The van der Waals surface area contributed by atoms with Gasteiger partial charge in [0.1, 0.15) is 5.82 Å². The molecule has 3 N–H and O–H groups in total. The minimum atomic E-state index is 0.534. The first-order valence-corrected chi connectivity index (χ1v) is 8.65. The fraction of sp³-hybridized carbons (Fsp3) is 0.500. The predicted octanol–water partition coefficient (Wildman–Crippen LogP) is 2.40. The van der Waals surface area contributed by atoms with E-state index in [1.807, 2.05) is 0 Å². The van der Waals surface area contributed by atoms with Gasteiger partial charge in [0.25, 0.3) is 0 Å². The lowest BCUT2D eigenvalue weighted by Crippen LogP contribution is -2.53. The number of anilines is 1.